The molecule has 0 radical (unpaired) electrons. The second-order valence-electron chi connectivity index (χ2n) is 4.79. The van der Waals surface area contributed by atoms with E-state index in [0.29, 0.717) is 17.2 Å². The molecule has 0 aliphatic heterocycles. The van der Waals surface area contributed by atoms with Crippen LogP contribution >= 0.6 is 11.3 Å². The van der Waals surface area contributed by atoms with Crippen molar-refractivity contribution in [1.29, 1.82) is 0 Å². The third-order valence-electron chi connectivity index (χ3n) is 3.04. The van der Waals surface area contributed by atoms with E-state index < -0.39 is 0 Å². The molecule has 2 aromatic heterocycles. The number of carbonyl (C=O) groups is 1. The summed E-state index contributed by atoms with van der Waals surface area (Å²) in [5, 5.41) is 7.85. The lowest BCUT2D eigenvalue weighted by Crippen LogP contribution is -2.23. The Balaban J connectivity index is 1.81. The number of amides is 1. The molecule has 22 heavy (non-hydrogen) atoms. The lowest BCUT2D eigenvalue weighted by Gasteiger charge is -2.03. The largest absolute Gasteiger partial charge is 0.344 e. The molecule has 1 N–H and O–H groups in total. The molecule has 2 heterocycles. The molecular weight excluding hydrogens is 298 g/mol. The van der Waals surface area contributed by atoms with E-state index in [9.17, 15) is 4.79 Å². The van der Waals surface area contributed by atoms with Crippen molar-refractivity contribution < 1.29 is 4.79 Å². The molecule has 0 aliphatic carbocycles. The number of hydrogen-bond acceptors (Lipinski definition) is 5. The zero-order valence-corrected chi connectivity index (χ0v) is 13.1. The van der Waals surface area contributed by atoms with Gasteiger partial charge in [-0.15, -0.1) is 11.3 Å². The van der Waals surface area contributed by atoms with Gasteiger partial charge in [-0.2, -0.15) is 5.10 Å². The third-order valence-corrected chi connectivity index (χ3v) is 4.01. The van der Waals surface area contributed by atoms with E-state index in [4.69, 9.17) is 0 Å². The Morgan fingerprint density at radius 3 is 2.77 bits per heavy atom. The van der Waals surface area contributed by atoms with Gasteiger partial charge in [0.2, 0.25) is 0 Å². The van der Waals surface area contributed by atoms with Crippen LogP contribution in [-0.2, 0) is 13.6 Å². The van der Waals surface area contributed by atoms with Crippen LogP contribution in [-0.4, -0.2) is 25.7 Å². The molecule has 7 heteroatoms. The fourth-order valence-electron chi connectivity index (χ4n) is 2.08. The topological polar surface area (TPSA) is 72.7 Å². The van der Waals surface area contributed by atoms with E-state index in [2.05, 4.69) is 20.4 Å². The lowest BCUT2D eigenvalue weighted by atomic mass is 10.1. The number of nitrogens with zero attached hydrogens (tertiary/aromatic N) is 4. The highest BCUT2D eigenvalue weighted by Gasteiger charge is 2.18. The van der Waals surface area contributed by atoms with Crippen LogP contribution in [0.15, 0.2) is 36.7 Å². The number of carbonyl (C=O) groups excluding carboxylic acids is 1. The molecule has 0 saturated carbocycles. The van der Waals surface area contributed by atoms with Crippen LogP contribution in [0.4, 0.5) is 0 Å². The number of benzene rings is 1. The van der Waals surface area contributed by atoms with E-state index in [-0.39, 0.29) is 5.91 Å². The molecule has 0 atom stereocenters. The molecule has 3 aromatic rings. The summed E-state index contributed by atoms with van der Waals surface area (Å²) in [4.78, 5) is 21.6. The second-order valence-corrected chi connectivity index (χ2v) is 6.00. The minimum Gasteiger partial charge on any atom is -0.344 e. The first-order chi connectivity index (χ1) is 10.6. The zero-order valence-electron chi connectivity index (χ0n) is 12.3. The Bertz CT molecular complexity index is 793. The van der Waals surface area contributed by atoms with Crippen molar-refractivity contribution in [2.75, 3.05) is 0 Å². The molecule has 0 unspecified atom stereocenters. The molecule has 3 rings (SSSR count). The van der Waals surface area contributed by atoms with Gasteiger partial charge >= 0.3 is 0 Å². The van der Waals surface area contributed by atoms with Crippen molar-refractivity contribution in [2.24, 2.45) is 7.05 Å². The summed E-state index contributed by atoms with van der Waals surface area (Å²) in [7, 11) is 1.79. The van der Waals surface area contributed by atoms with Crippen molar-refractivity contribution in [1.82, 2.24) is 25.1 Å². The summed E-state index contributed by atoms with van der Waals surface area (Å²) in [5.41, 5.74) is 1.66. The molecule has 0 spiro atoms. The lowest BCUT2D eigenvalue weighted by molar-refractivity contribution is 0.0954. The third kappa shape index (κ3) is 3.04. The standard InChI is InChI=1S/C15H15N5OS/c1-10-18-13(11-6-4-3-5-7-11)14(22-10)15(21)16-8-12-17-9-20(2)19-12/h3-7,9H,8H2,1-2H3,(H,16,21). The summed E-state index contributed by atoms with van der Waals surface area (Å²) in [5.74, 6) is 0.426. The van der Waals surface area contributed by atoms with Crippen molar-refractivity contribution in [3.8, 4) is 11.3 Å². The van der Waals surface area contributed by atoms with E-state index in [0.717, 1.165) is 16.3 Å². The molecule has 1 aromatic carbocycles. The van der Waals surface area contributed by atoms with Crippen molar-refractivity contribution in [3.05, 3.63) is 52.4 Å². The van der Waals surface area contributed by atoms with Gasteiger partial charge in [-0.3, -0.25) is 9.48 Å². The summed E-state index contributed by atoms with van der Waals surface area (Å²) >= 11 is 1.39. The second kappa shape index (κ2) is 6.07. The van der Waals surface area contributed by atoms with E-state index in [1.54, 1.807) is 18.1 Å². The minimum absolute atomic E-state index is 0.156. The Kier molecular flexibility index (Phi) is 3.97. The van der Waals surface area contributed by atoms with Gasteiger partial charge in [0, 0.05) is 12.6 Å². The van der Waals surface area contributed by atoms with E-state index >= 15 is 0 Å². The van der Waals surface area contributed by atoms with Crippen molar-refractivity contribution in [2.45, 2.75) is 13.5 Å². The highest BCUT2D eigenvalue weighted by atomic mass is 32.1. The Hall–Kier alpha value is -2.54. The maximum absolute atomic E-state index is 12.4. The number of nitrogens with one attached hydrogen (secondary N) is 1. The Morgan fingerprint density at radius 2 is 2.09 bits per heavy atom. The normalized spacial score (nSPS) is 10.6. The van der Waals surface area contributed by atoms with Gasteiger partial charge in [-0.05, 0) is 6.92 Å². The smallest absolute Gasteiger partial charge is 0.264 e. The average Bonchev–Trinajstić information content (AvgIpc) is 3.11. The molecule has 0 saturated heterocycles. The zero-order chi connectivity index (χ0) is 15.5. The molecule has 1 amide bonds. The summed E-state index contributed by atoms with van der Waals surface area (Å²) in [6.45, 7) is 2.19. The molecule has 6 nitrogen and oxygen atoms in total. The van der Waals surface area contributed by atoms with Gasteiger partial charge in [0.15, 0.2) is 5.82 Å². The first-order valence-electron chi connectivity index (χ1n) is 6.79. The summed E-state index contributed by atoms with van der Waals surface area (Å²) < 4.78 is 1.60. The van der Waals surface area contributed by atoms with E-state index in [1.165, 1.54) is 11.3 Å². The Labute approximate surface area is 131 Å². The number of rotatable bonds is 4. The van der Waals surface area contributed by atoms with Crippen LogP contribution in [0.25, 0.3) is 11.3 Å². The molecule has 0 fully saturated rings. The molecule has 0 aliphatic rings. The highest BCUT2D eigenvalue weighted by Crippen LogP contribution is 2.27. The summed E-state index contributed by atoms with van der Waals surface area (Å²) in [6.07, 6.45) is 1.60. The van der Waals surface area contributed by atoms with Crippen LogP contribution in [0, 0.1) is 6.92 Å². The number of thiazole rings is 1. The van der Waals surface area contributed by atoms with Crippen LogP contribution in [0.5, 0.6) is 0 Å². The van der Waals surface area contributed by atoms with Gasteiger partial charge in [0.1, 0.15) is 11.2 Å². The van der Waals surface area contributed by atoms with E-state index in [1.807, 2.05) is 37.3 Å². The molecule has 0 bridgehead atoms. The van der Waals surface area contributed by atoms with Gasteiger partial charge in [0.05, 0.1) is 17.2 Å². The number of hydrogen-bond donors (Lipinski definition) is 1. The summed E-state index contributed by atoms with van der Waals surface area (Å²) in [6, 6.07) is 9.71. The first kappa shape index (κ1) is 14.4. The van der Waals surface area contributed by atoms with Crippen LogP contribution in [0.1, 0.15) is 20.5 Å². The highest BCUT2D eigenvalue weighted by molar-refractivity contribution is 7.14. The minimum atomic E-state index is -0.156. The monoisotopic (exact) mass is 313 g/mol. The van der Waals surface area contributed by atoms with Crippen LogP contribution in [0.2, 0.25) is 0 Å². The molecular formula is C15H15N5OS. The predicted octanol–water partition coefficient (Wildman–Crippen LogP) is 2.18. The van der Waals surface area contributed by atoms with Crippen molar-refractivity contribution >= 4 is 17.2 Å². The van der Waals surface area contributed by atoms with Crippen molar-refractivity contribution in [3.63, 3.8) is 0 Å². The van der Waals surface area contributed by atoms with Gasteiger partial charge in [-0.1, -0.05) is 30.3 Å². The molecule has 112 valence electrons. The fraction of sp³-hybridized carbons (Fsp3) is 0.200. The number of aryl methyl sites for hydroxylation is 2. The average molecular weight is 313 g/mol. The van der Waals surface area contributed by atoms with Crippen LogP contribution in [0.3, 0.4) is 0 Å². The fourth-order valence-corrected chi connectivity index (χ4v) is 2.93. The van der Waals surface area contributed by atoms with Gasteiger partial charge in [0.25, 0.3) is 5.91 Å². The van der Waals surface area contributed by atoms with Crippen LogP contribution < -0.4 is 5.32 Å². The first-order valence-corrected chi connectivity index (χ1v) is 7.60. The SMILES string of the molecule is Cc1nc(-c2ccccc2)c(C(=O)NCc2ncn(C)n2)s1. The van der Waals surface area contributed by atoms with Gasteiger partial charge < -0.3 is 5.32 Å². The predicted molar refractivity (Wildman–Crippen MR) is 84.5 cm³/mol. The quantitative estimate of drug-likeness (QED) is 0.801. The maximum Gasteiger partial charge on any atom is 0.264 e. The Morgan fingerprint density at radius 1 is 1.32 bits per heavy atom. The maximum atomic E-state index is 12.4. The van der Waals surface area contributed by atoms with Gasteiger partial charge in [-0.25, -0.2) is 9.97 Å². The number of aromatic nitrogens is 4.